The molecule has 0 atom stereocenters. The summed E-state index contributed by atoms with van der Waals surface area (Å²) in [4.78, 5) is 20.4. The lowest BCUT2D eigenvalue weighted by Crippen LogP contribution is -1.87. The topological polar surface area (TPSA) is 73.3 Å². The minimum absolute atomic E-state index is 0.00823. The Morgan fingerprint density at radius 3 is 2.78 bits per heavy atom. The van der Waals surface area contributed by atoms with Crippen LogP contribution in [0.5, 0.6) is 0 Å². The van der Waals surface area contributed by atoms with Crippen LogP contribution in [0.3, 0.4) is 0 Å². The summed E-state index contributed by atoms with van der Waals surface area (Å²) in [6.45, 7) is 0. The number of benzene rings is 1. The van der Waals surface area contributed by atoms with Crippen LogP contribution in [-0.4, -0.2) is 11.2 Å². The van der Waals surface area contributed by atoms with Gasteiger partial charge in [-0.15, -0.1) is 0 Å². The molecule has 0 spiro atoms. The molecule has 0 unspecified atom stereocenters. The summed E-state index contributed by atoms with van der Waals surface area (Å²) in [5, 5.41) is 10.7. The highest BCUT2D eigenvalue weighted by Gasteiger charge is 2.09. The van der Waals surface area contributed by atoms with Crippen LogP contribution in [-0.2, 0) is 4.79 Å². The Morgan fingerprint density at radius 1 is 1.22 bits per heavy atom. The predicted molar refractivity (Wildman–Crippen MR) is 65.9 cm³/mol. The fourth-order valence-corrected chi connectivity index (χ4v) is 1.50. The summed E-state index contributed by atoms with van der Waals surface area (Å²) in [5.41, 5.74) is 0.629. The summed E-state index contributed by atoms with van der Waals surface area (Å²) in [6.07, 6.45) is 3.49. The minimum atomic E-state index is -0.459. The zero-order chi connectivity index (χ0) is 13.0. The molecule has 1 aromatic heterocycles. The third-order valence-corrected chi connectivity index (χ3v) is 2.31. The minimum Gasteiger partial charge on any atom is -0.457 e. The molecule has 1 heterocycles. The normalized spacial score (nSPS) is 10.7. The van der Waals surface area contributed by atoms with Crippen LogP contribution < -0.4 is 0 Å². The molecule has 0 N–H and O–H groups in total. The van der Waals surface area contributed by atoms with E-state index in [4.69, 9.17) is 4.42 Å². The highest BCUT2D eigenvalue weighted by atomic mass is 16.6. The molecular formula is C13H9NO4. The second-order valence-electron chi connectivity index (χ2n) is 3.50. The lowest BCUT2D eigenvalue weighted by atomic mass is 10.1. The molecule has 0 radical (unpaired) electrons. The molecule has 1 aromatic carbocycles. The van der Waals surface area contributed by atoms with Crippen LogP contribution in [0, 0.1) is 10.1 Å². The zero-order valence-corrected chi connectivity index (χ0v) is 9.28. The molecule has 18 heavy (non-hydrogen) atoms. The van der Waals surface area contributed by atoms with Gasteiger partial charge in [0, 0.05) is 17.7 Å². The molecule has 90 valence electrons. The molecular weight excluding hydrogens is 234 g/mol. The maximum Gasteiger partial charge on any atom is 0.270 e. The Bertz CT molecular complexity index is 613. The average Bonchev–Trinajstić information content (AvgIpc) is 2.85. The van der Waals surface area contributed by atoms with Crippen LogP contribution in [0.25, 0.3) is 17.4 Å². The fraction of sp³-hybridized carbons (Fsp3) is 0. The van der Waals surface area contributed by atoms with Crippen molar-refractivity contribution in [3.63, 3.8) is 0 Å². The maximum absolute atomic E-state index is 10.7. The average molecular weight is 243 g/mol. The van der Waals surface area contributed by atoms with Gasteiger partial charge in [0.2, 0.25) is 0 Å². The molecule has 2 rings (SSSR count). The third-order valence-electron chi connectivity index (χ3n) is 2.31. The van der Waals surface area contributed by atoms with E-state index in [1.54, 1.807) is 24.3 Å². The molecule has 2 aromatic rings. The highest BCUT2D eigenvalue weighted by molar-refractivity contribution is 5.73. The van der Waals surface area contributed by atoms with Gasteiger partial charge in [0.15, 0.2) is 0 Å². The van der Waals surface area contributed by atoms with Gasteiger partial charge in [0.1, 0.15) is 17.8 Å². The van der Waals surface area contributed by atoms with Crippen molar-refractivity contribution in [2.24, 2.45) is 0 Å². The Morgan fingerprint density at radius 2 is 2.06 bits per heavy atom. The number of nitro groups is 1. The van der Waals surface area contributed by atoms with Gasteiger partial charge in [0.25, 0.3) is 5.69 Å². The summed E-state index contributed by atoms with van der Waals surface area (Å²) >= 11 is 0. The standard InChI is InChI=1S/C13H9NO4/c15-8-2-5-12-6-7-13(18-12)10-3-1-4-11(9-10)14(16)17/h1-9H. The molecule has 5 heteroatoms. The summed E-state index contributed by atoms with van der Waals surface area (Å²) in [5.74, 6) is 1.04. The second kappa shape index (κ2) is 5.09. The van der Waals surface area contributed by atoms with E-state index in [2.05, 4.69) is 0 Å². The van der Waals surface area contributed by atoms with Gasteiger partial charge in [0.05, 0.1) is 4.92 Å². The Balaban J connectivity index is 2.33. The van der Waals surface area contributed by atoms with Crippen LogP contribution in [0.1, 0.15) is 5.76 Å². The van der Waals surface area contributed by atoms with Crippen molar-refractivity contribution in [2.75, 3.05) is 0 Å². The molecule has 0 bridgehead atoms. The molecule has 0 saturated heterocycles. The van der Waals surface area contributed by atoms with Crippen molar-refractivity contribution in [3.8, 4) is 11.3 Å². The van der Waals surface area contributed by atoms with E-state index in [0.29, 0.717) is 23.4 Å². The first kappa shape index (κ1) is 11.8. The van der Waals surface area contributed by atoms with Crippen molar-refractivity contribution in [1.29, 1.82) is 0 Å². The highest BCUT2D eigenvalue weighted by Crippen LogP contribution is 2.25. The van der Waals surface area contributed by atoms with Crippen molar-refractivity contribution in [1.82, 2.24) is 0 Å². The monoisotopic (exact) mass is 243 g/mol. The van der Waals surface area contributed by atoms with Gasteiger partial charge >= 0.3 is 0 Å². The molecule has 0 saturated carbocycles. The molecule has 0 aliphatic carbocycles. The number of carbonyl (C=O) groups is 1. The number of hydrogen-bond acceptors (Lipinski definition) is 4. The van der Waals surface area contributed by atoms with Gasteiger partial charge in [-0.1, -0.05) is 12.1 Å². The number of aldehydes is 1. The number of allylic oxidation sites excluding steroid dienone is 1. The first-order valence-corrected chi connectivity index (χ1v) is 5.17. The van der Waals surface area contributed by atoms with Crippen molar-refractivity contribution in [2.45, 2.75) is 0 Å². The molecule has 5 nitrogen and oxygen atoms in total. The number of non-ortho nitro benzene ring substituents is 1. The van der Waals surface area contributed by atoms with E-state index in [0.717, 1.165) is 0 Å². The Labute approximate surface area is 103 Å². The summed E-state index contributed by atoms with van der Waals surface area (Å²) in [6, 6.07) is 9.55. The number of hydrogen-bond donors (Lipinski definition) is 0. The van der Waals surface area contributed by atoms with E-state index in [9.17, 15) is 14.9 Å². The van der Waals surface area contributed by atoms with E-state index < -0.39 is 4.92 Å². The van der Waals surface area contributed by atoms with Gasteiger partial charge in [-0.25, -0.2) is 0 Å². The first-order chi connectivity index (χ1) is 8.70. The molecule has 0 fully saturated rings. The lowest BCUT2D eigenvalue weighted by Gasteiger charge is -1.96. The maximum atomic E-state index is 10.7. The molecule has 0 amide bonds. The Hall–Kier alpha value is -2.69. The number of nitrogens with zero attached hydrogens (tertiary/aromatic N) is 1. The van der Waals surface area contributed by atoms with Crippen molar-refractivity contribution < 1.29 is 14.1 Å². The van der Waals surface area contributed by atoms with Gasteiger partial charge in [-0.05, 0) is 24.3 Å². The van der Waals surface area contributed by atoms with Crippen LogP contribution in [0.2, 0.25) is 0 Å². The quantitative estimate of drug-likeness (QED) is 0.358. The van der Waals surface area contributed by atoms with E-state index in [1.165, 1.54) is 24.3 Å². The van der Waals surface area contributed by atoms with E-state index in [-0.39, 0.29) is 5.69 Å². The van der Waals surface area contributed by atoms with E-state index in [1.807, 2.05) is 0 Å². The number of rotatable bonds is 4. The predicted octanol–water partition coefficient (Wildman–Crippen LogP) is 3.07. The molecule has 0 aliphatic rings. The lowest BCUT2D eigenvalue weighted by molar-refractivity contribution is -0.384. The van der Waals surface area contributed by atoms with Crippen molar-refractivity contribution in [3.05, 3.63) is 58.3 Å². The molecule has 0 aliphatic heterocycles. The van der Waals surface area contributed by atoms with Gasteiger partial charge < -0.3 is 4.42 Å². The van der Waals surface area contributed by atoms with E-state index >= 15 is 0 Å². The van der Waals surface area contributed by atoms with Gasteiger partial charge in [-0.2, -0.15) is 0 Å². The van der Waals surface area contributed by atoms with Gasteiger partial charge in [-0.3, -0.25) is 14.9 Å². The van der Waals surface area contributed by atoms with Crippen LogP contribution >= 0.6 is 0 Å². The first-order valence-electron chi connectivity index (χ1n) is 5.17. The second-order valence-corrected chi connectivity index (χ2v) is 3.50. The summed E-state index contributed by atoms with van der Waals surface area (Å²) < 4.78 is 5.44. The number of nitro benzene ring substituents is 1. The van der Waals surface area contributed by atoms with Crippen LogP contribution in [0.4, 0.5) is 5.69 Å². The number of furan rings is 1. The number of carbonyl (C=O) groups excluding carboxylic acids is 1. The fourth-order valence-electron chi connectivity index (χ4n) is 1.50. The third kappa shape index (κ3) is 2.52. The largest absolute Gasteiger partial charge is 0.457 e. The SMILES string of the molecule is O=CC=Cc1ccc(-c2cccc([N+](=O)[O-])c2)o1. The van der Waals surface area contributed by atoms with Crippen LogP contribution in [0.15, 0.2) is 46.9 Å². The smallest absolute Gasteiger partial charge is 0.270 e. The summed E-state index contributed by atoms with van der Waals surface area (Å²) in [7, 11) is 0. The zero-order valence-electron chi connectivity index (χ0n) is 9.28. The Kier molecular flexibility index (Phi) is 3.33. The van der Waals surface area contributed by atoms with Crippen molar-refractivity contribution >= 4 is 18.0 Å².